The number of carbonyl (C=O) groups is 2. The van der Waals surface area contributed by atoms with Gasteiger partial charge in [-0.3, -0.25) is 14.6 Å². The molecule has 0 unspecified atom stereocenters. The largest absolute Gasteiger partial charge is 0.335 e. The van der Waals surface area contributed by atoms with E-state index < -0.39 is 0 Å². The SMILES string of the molecule is O=C(c1ccncc1)N1CCN(C(=O)c2ccc3c(c2)CCC3)CC1. The van der Waals surface area contributed by atoms with Crippen molar-refractivity contribution in [2.45, 2.75) is 19.3 Å². The van der Waals surface area contributed by atoms with E-state index in [0.717, 1.165) is 18.4 Å². The molecule has 2 aliphatic rings. The normalized spacial score (nSPS) is 16.6. The van der Waals surface area contributed by atoms with Crippen molar-refractivity contribution < 1.29 is 9.59 Å². The van der Waals surface area contributed by atoms with Gasteiger partial charge in [-0.25, -0.2) is 0 Å². The number of hydrogen-bond donors (Lipinski definition) is 0. The molecule has 1 aliphatic heterocycles. The van der Waals surface area contributed by atoms with Gasteiger partial charge in [0.25, 0.3) is 11.8 Å². The molecule has 0 N–H and O–H groups in total. The fraction of sp³-hybridized carbons (Fsp3) is 0.350. The molecule has 1 aliphatic carbocycles. The second-order valence-electron chi connectivity index (χ2n) is 6.66. The van der Waals surface area contributed by atoms with Crippen LogP contribution in [0.3, 0.4) is 0 Å². The Morgan fingerprint density at radius 1 is 0.760 bits per heavy atom. The summed E-state index contributed by atoms with van der Waals surface area (Å²) in [5.41, 5.74) is 4.12. The second kappa shape index (κ2) is 6.67. The lowest BCUT2D eigenvalue weighted by molar-refractivity contribution is 0.0535. The summed E-state index contributed by atoms with van der Waals surface area (Å²) in [4.78, 5) is 32.8. The van der Waals surface area contributed by atoms with E-state index in [-0.39, 0.29) is 11.8 Å². The molecule has 1 aromatic carbocycles. The maximum atomic E-state index is 12.8. The minimum absolute atomic E-state index is 0.00651. The zero-order valence-electron chi connectivity index (χ0n) is 14.1. The average molecular weight is 335 g/mol. The Morgan fingerprint density at radius 2 is 1.36 bits per heavy atom. The number of carbonyl (C=O) groups excluding carboxylic acids is 2. The standard InChI is InChI=1S/C20H21N3O2/c24-19(16-6-8-21-9-7-16)22-10-12-23(13-11-22)20(25)18-5-4-15-2-1-3-17(15)14-18/h4-9,14H,1-3,10-13H2. The van der Waals surface area contributed by atoms with Crippen LogP contribution in [-0.4, -0.2) is 52.8 Å². The van der Waals surface area contributed by atoms with Gasteiger partial charge in [-0.05, 0) is 54.7 Å². The van der Waals surface area contributed by atoms with E-state index in [1.807, 2.05) is 15.9 Å². The highest BCUT2D eigenvalue weighted by molar-refractivity contribution is 5.96. The Morgan fingerprint density at radius 3 is 2.04 bits per heavy atom. The fourth-order valence-electron chi connectivity index (χ4n) is 3.68. The molecule has 2 heterocycles. The number of fused-ring (bicyclic) bond motifs is 1. The van der Waals surface area contributed by atoms with Crippen molar-refractivity contribution in [3.8, 4) is 0 Å². The summed E-state index contributed by atoms with van der Waals surface area (Å²) >= 11 is 0. The smallest absolute Gasteiger partial charge is 0.254 e. The molecule has 1 aromatic heterocycles. The molecule has 2 aromatic rings. The summed E-state index contributed by atoms with van der Waals surface area (Å²) in [7, 11) is 0. The van der Waals surface area contributed by atoms with Crippen LogP contribution in [0.4, 0.5) is 0 Å². The molecular weight excluding hydrogens is 314 g/mol. The lowest BCUT2D eigenvalue weighted by Gasteiger charge is -2.35. The molecule has 4 rings (SSSR count). The summed E-state index contributed by atoms with van der Waals surface area (Å²) in [5, 5.41) is 0. The number of benzene rings is 1. The zero-order chi connectivity index (χ0) is 17.2. The van der Waals surface area contributed by atoms with E-state index in [1.165, 1.54) is 17.5 Å². The molecule has 5 nitrogen and oxygen atoms in total. The van der Waals surface area contributed by atoms with Gasteiger partial charge >= 0.3 is 0 Å². The van der Waals surface area contributed by atoms with Gasteiger partial charge < -0.3 is 9.80 Å². The maximum Gasteiger partial charge on any atom is 0.254 e. The van der Waals surface area contributed by atoms with Gasteiger partial charge in [0.05, 0.1) is 0 Å². The highest BCUT2D eigenvalue weighted by atomic mass is 16.2. The molecule has 25 heavy (non-hydrogen) atoms. The van der Waals surface area contributed by atoms with Gasteiger partial charge in [0, 0.05) is 49.7 Å². The van der Waals surface area contributed by atoms with Crippen LogP contribution in [0.1, 0.15) is 38.3 Å². The molecular formula is C20H21N3O2. The van der Waals surface area contributed by atoms with Gasteiger partial charge in [0.1, 0.15) is 0 Å². The van der Waals surface area contributed by atoms with Crippen molar-refractivity contribution in [3.63, 3.8) is 0 Å². The number of pyridine rings is 1. The highest BCUT2D eigenvalue weighted by Crippen LogP contribution is 2.23. The molecule has 0 bridgehead atoms. The maximum absolute atomic E-state index is 12.8. The van der Waals surface area contributed by atoms with Crippen LogP contribution in [0.2, 0.25) is 0 Å². The van der Waals surface area contributed by atoms with Gasteiger partial charge in [-0.1, -0.05) is 6.07 Å². The fourth-order valence-corrected chi connectivity index (χ4v) is 3.68. The van der Waals surface area contributed by atoms with Crippen LogP contribution < -0.4 is 0 Å². The average Bonchev–Trinajstić information content (AvgIpc) is 3.15. The van der Waals surface area contributed by atoms with Crippen LogP contribution in [0.15, 0.2) is 42.7 Å². The summed E-state index contributed by atoms with van der Waals surface area (Å²) < 4.78 is 0. The third kappa shape index (κ3) is 3.14. The van der Waals surface area contributed by atoms with E-state index in [2.05, 4.69) is 17.1 Å². The van der Waals surface area contributed by atoms with Gasteiger partial charge in [0.15, 0.2) is 0 Å². The molecule has 128 valence electrons. The summed E-state index contributed by atoms with van der Waals surface area (Å²) in [6.45, 7) is 2.29. The number of aromatic nitrogens is 1. The van der Waals surface area contributed by atoms with Crippen molar-refractivity contribution in [1.82, 2.24) is 14.8 Å². The lowest BCUT2D eigenvalue weighted by Crippen LogP contribution is -2.50. The Bertz CT molecular complexity index is 796. The van der Waals surface area contributed by atoms with Gasteiger partial charge in [-0.2, -0.15) is 0 Å². The van der Waals surface area contributed by atoms with Crippen molar-refractivity contribution in [1.29, 1.82) is 0 Å². The Kier molecular flexibility index (Phi) is 4.22. The Balaban J connectivity index is 1.40. The van der Waals surface area contributed by atoms with E-state index in [9.17, 15) is 9.59 Å². The first-order valence-corrected chi connectivity index (χ1v) is 8.83. The van der Waals surface area contributed by atoms with E-state index in [4.69, 9.17) is 0 Å². The van der Waals surface area contributed by atoms with Crippen molar-refractivity contribution >= 4 is 11.8 Å². The van der Waals surface area contributed by atoms with E-state index in [0.29, 0.717) is 31.7 Å². The quantitative estimate of drug-likeness (QED) is 0.845. The number of hydrogen-bond acceptors (Lipinski definition) is 3. The van der Waals surface area contributed by atoms with E-state index in [1.54, 1.807) is 24.5 Å². The molecule has 1 saturated heterocycles. The molecule has 2 amide bonds. The molecule has 1 fully saturated rings. The Hall–Kier alpha value is -2.69. The summed E-state index contributed by atoms with van der Waals surface area (Å²) in [5.74, 6) is 0.0812. The van der Waals surface area contributed by atoms with Crippen molar-refractivity contribution in [2.24, 2.45) is 0 Å². The zero-order valence-corrected chi connectivity index (χ0v) is 14.1. The minimum Gasteiger partial charge on any atom is -0.335 e. The van der Waals surface area contributed by atoms with Gasteiger partial charge in [0.2, 0.25) is 0 Å². The first-order valence-electron chi connectivity index (χ1n) is 8.83. The number of nitrogens with zero attached hydrogens (tertiary/aromatic N) is 3. The lowest BCUT2D eigenvalue weighted by atomic mass is 10.1. The topological polar surface area (TPSA) is 53.5 Å². The third-order valence-electron chi connectivity index (χ3n) is 5.13. The van der Waals surface area contributed by atoms with Crippen molar-refractivity contribution in [3.05, 3.63) is 65.0 Å². The second-order valence-corrected chi connectivity index (χ2v) is 6.66. The van der Waals surface area contributed by atoms with Crippen LogP contribution >= 0.6 is 0 Å². The molecule has 0 spiro atoms. The highest BCUT2D eigenvalue weighted by Gasteiger charge is 2.26. The van der Waals surface area contributed by atoms with Crippen molar-refractivity contribution in [2.75, 3.05) is 26.2 Å². The summed E-state index contributed by atoms with van der Waals surface area (Å²) in [6.07, 6.45) is 6.63. The van der Waals surface area contributed by atoms with Crippen LogP contribution in [0.25, 0.3) is 0 Å². The number of amides is 2. The number of aryl methyl sites for hydroxylation is 2. The molecule has 5 heteroatoms. The minimum atomic E-state index is 0.00651. The molecule has 0 saturated carbocycles. The monoisotopic (exact) mass is 335 g/mol. The predicted octanol–water partition coefficient (Wildman–Crippen LogP) is 2.17. The molecule has 0 atom stereocenters. The van der Waals surface area contributed by atoms with Crippen LogP contribution in [0.5, 0.6) is 0 Å². The first-order chi connectivity index (χ1) is 12.2. The number of rotatable bonds is 2. The first kappa shape index (κ1) is 15.8. The molecule has 0 radical (unpaired) electrons. The third-order valence-corrected chi connectivity index (χ3v) is 5.13. The number of piperazine rings is 1. The van der Waals surface area contributed by atoms with Gasteiger partial charge in [-0.15, -0.1) is 0 Å². The Labute approximate surface area is 147 Å². The predicted molar refractivity (Wildman–Crippen MR) is 94.5 cm³/mol. The van der Waals surface area contributed by atoms with Crippen LogP contribution in [-0.2, 0) is 12.8 Å². The van der Waals surface area contributed by atoms with Crippen LogP contribution in [0, 0.1) is 0 Å². The summed E-state index contributed by atoms with van der Waals surface area (Å²) in [6, 6.07) is 9.55. The van der Waals surface area contributed by atoms with E-state index >= 15 is 0 Å².